The van der Waals surface area contributed by atoms with E-state index in [1.807, 2.05) is 0 Å². The Balaban J connectivity index is 2.18. The number of ether oxygens (including phenoxy) is 5. The molecule has 0 aromatic rings. The van der Waals surface area contributed by atoms with Gasteiger partial charge in [0.05, 0.1) is 0 Å². The molecule has 0 aliphatic carbocycles. The maximum Gasteiger partial charge on any atom is 0.374 e. The Hall–Kier alpha value is -1.93. The number of hydrogen-bond acceptors (Lipinski definition) is 8. The van der Waals surface area contributed by atoms with E-state index in [-0.39, 0.29) is 5.76 Å². The van der Waals surface area contributed by atoms with E-state index < -0.39 is 48.1 Å². The second-order valence-electron chi connectivity index (χ2n) is 5.87. The lowest BCUT2D eigenvalue weighted by molar-refractivity contribution is -0.170. The first-order valence-corrected chi connectivity index (χ1v) is 7.23. The molecule has 1 fully saturated rings. The number of carbonyl (C=O) groups excluding carboxylic acids is 3. The highest BCUT2D eigenvalue weighted by molar-refractivity contribution is 5.91. The molecule has 23 heavy (non-hydrogen) atoms. The van der Waals surface area contributed by atoms with Gasteiger partial charge in [-0.2, -0.15) is 0 Å². The third-order valence-corrected chi connectivity index (χ3v) is 3.32. The highest BCUT2D eigenvalue weighted by Crippen LogP contribution is 2.35. The summed E-state index contributed by atoms with van der Waals surface area (Å²) in [6.45, 7) is 7.55. The van der Waals surface area contributed by atoms with Crippen LogP contribution < -0.4 is 0 Å². The van der Waals surface area contributed by atoms with E-state index in [2.05, 4.69) is 0 Å². The third kappa shape index (κ3) is 4.08. The normalized spacial score (nSPS) is 30.4. The minimum absolute atomic E-state index is 0.185. The summed E-state index contributed by atoms with van der Waals surface area (Å²) in [5.74, 6) is -2.95. The van der Waals surface area contributed by atoms with Crippen LogP contribution in [0.15, 0.2) is 11.8 Å². The van der Waals surface area contributed by atoms with Gasteiger partial charge in [-0.15, -0.1) is 0 Å². The summed E-state index contributed by atoms with van der Waals surface area (Å²) < 4.78 is 26.7. The first-order chi connectivity index (χ1) is 10.6. The highest BCUT2D eigenvalue weighted by Gasteiger charge is 2.51. The van der Waals surface area contributed by atoms with Crippen LogP contribution in [0.1, 0.15) is 34.6 Å². The molecule has 0 bridgehead atoms. The number of rotatable bonds is 4. The molecule has 0 saturated carbocycles. The van der Waals surface area contributed by atoms with Gasteiger partial charge in [0, 0.05) is 19.9 Å². The Morgan fingerprint density at radius 3 is 2.43 bits per heavy atom. The van der Waals surface area contributed by atoms with Crippen LogP contribution in [0, 0.1) is 0 Å². The summed E-state index contributed by atoms with van der Waals surface area (Å²) in [5.41, 5.74) is 0. The van der Waals surface area contributed by atoms with E-state index in [1.165, 1.54) is 19.9 Å². The van der Waals surface area contributed by atoms with Crippen molar-refractivity contribution in [3.63, 3.8) is 0 Å². The van der Waals surface area contributed by atoms with Crippen LogP contribution in [0.2, 0.25) is 0 Å². The van der Waals surface area contributed by atoms with Crippen molar-refractivity contribution in [3.8, 4) is 0 Å². The lowest BCUT2D eigenvalue weighted by atomic mass is 10.0. The molecule has 2 aliphatic heterocycles. The van der Waals surface area contributed by atoms with Crippen molar-refractivity contribution >= 4 is 17.9 Å². The van der Waals surface area contributed by atoms with Crippen molar-refractivity contribution < 1.29 is 38.1 Å². The van der Waals surface area contributed by atoms with E-state index in [4.69, 9.17) is 23.7 Å². The minimum atomic E-state index is -0.936. The molecule has 2 aliphatic rings. The fraction of sp³-hybridized carbons (Fsp3) is 0.667. The van der Waals surface area contributed by atoms with Crippen molar-refractivity contribution in [2.24, 2.45) is 0 Å². The molecule has 0 unspecified atom stereocenters. The predicted octanol–water partition coefficient (Wildman–Crippen LogP) is 0.830. The largest absolute Gasteiger partial charge is 0.460 e. The van der Waals surface area contributed by atoms with Gasteiger partial charge in [-0.3, -0.25) is 9.59 Å². The van der Waals surface area contributed by atoms with Gasteiger partial charge in [-0.25, -0.2) is 4.79 Å². The number of esters is 3. The van der Waals surface area contributed by atoms with Gasteiger partial charge < -0.3 is 23.7 Å². The van der Waals surface area contributed by atoms with Gasteiger partial charge in [0.15, 0.2) is 11.9 Å². The summed E-state index contributed by atoms with van der Waals surface area (Å²) in [6, 6.07) is 0. The fourth-order valence-corrected chi connectivity index (χ4v) is 2.59. The van der Waals surface area contributed by atoms with Crippen molar-refractivity contribution in [1.29, 1.82) is 0 Å². The van der Waals surface area contributed by atoms with Crippen LogP contribution >= 0.6 is 0 Å². The molecule has 8 nitrogen and oxygen atoms in total. The van der Waals surface area contributed by atoms with Crippen LogP contribution in [-0.2, 0) is 38.1 Å². The zero-order valence-electron chi connectivity index (χ0n) is 13.7. The van der Waals surface area contributed by atoms with Gasteiger partial charge in [0.2, 0.25) is 5.76 Å². The molecule has 128 valence electrons. The minimum Gasteiger partial charge on any atom is -0.460 e. The van der Waals surface area contributed by atoms with Crippen LogP contribution in [0.25, 0.3) is 0 Å². The molecule has 2 rings (SSSR count). The van der Waals surface area contributed by atoms with Crippen molar-refractivity contribution in [1.82, 2.24) is 0 Å². The first-order valence-electron chi connectivity index (χ1n) is 7.23. The van der Waals surface area contributed by atoms with Crippen molar-refractivity contribution in [2.75, 3.05) is 0 Å². The Kier molecular flexibility index (Phi) is 4.76. The van der Waals surface area contributed by atoms with Crippen LogP contribution in [0.5, 0.6) is 0 Å². The predicted molar refractivity (Wildman–Crippen MR) is 74.8 cm³/mol. The van der Waals surface area contributed by atoms with E-state index in [1.54, 1.807) is 20.8 Å². The quantitative estimate of drug-likeness (QED) is 0.553. The maximum atomic E-state index is 11.7. The highest BCUT2D eigenvalue weighted by atomic mass is 16.8. The monoisotopic (exact) mass is 328 g/mol. The Morgan fingerprint density at radius 2 is 1.87 bits per heavy atom. The Bertz CT molecular complexity index is 550. The van der Waals surface area contributed by atoms with E-state index in [0.29, 0.717) is 0 Å². The molecular weight excluding hydrogens is 308 g/mol. The van der Waals surface area contributed by atoms with E-state index in [0.717, 1.165) is 0 Å². The van der Waals surface area contributed by atoms with E-state index in [9.17, 15) is 14.4 Å². The molecule has 0 amide bonds. The van der Waals surface area contributed by atoms with Gasteiger partial charge in [-0.05, 0) is 20.8 Å². The summed E-state index contributed by atoms with van der Waals surface area (Å²) in [4.78, 5) is 33.9. The molecule has 4 atom stereocenters. The molecule has 1 saturated heterocycles. The molecule has 2 heterocycles. The zero-order valence-corrected chi connectivity index (χ0v) is 13.7. The number of hydrogen-bond donors (Lipinski definition) is 0. The van der Waals surface area contributed by atoms with Gasteiger partial charge in [0.1, 0.15) is 18.3 Å². The van der Waals surface area contributed by atoms with Gasteiger partial charge in [-0.1, -0.05) is 0 Å². The van der Waals surface area contributed by atoms with Crippen LogP contribution in [0.3, 0.4) is 0 Å². The van der Waals surface area contributed by atoms with Gasteiger partial charge >= 0.3 is 17.9 Å². The van der Waals surface area contributed by atoms with Crippen LogP contribution in [0.4, 0.5) is 0 Å². The molecule has 0 aromatic heterocycles. The third-order valence-electron chi connectivity index (χ3n) is 3.32. The molecule has 8 heteroatoms. The SMILES string of the molecule is CC(=O)OC1=C[C@@H]([C@H]2OC(C)(C)O[C@@H]2[C@@H](C)OC(C)=O)OC1=O. The lowest BCUT2D eigenvalue weighted by Crippen LogP contribution is -2.42. The van der Waals surface area contributed by atoms with Crippen LogP contribution in [-0.4, -0.2) is 48.1 Å². The topological polar surface area (TPSA) is 97.4 Å². The second-order valence-corrected chi connectivity index (χ2v) is 5.87. The smallest absolute Gasteiger partial charge is 0.374 e. The zero-order chi connectivity index (χ0) is 17.4. The first kappa shape index (κ1) is 17.4. The number of cyclic esters (lactones) is 1. The molecule has 0 spiro atoms. The lowest BCUT2D eigenvalue weighted by Gasteiger charge is -2.25. The Morgan fingerprint density at radius 1 is 1.22 bits per heavy atom. The average molecular weight is 328 g/mol. The molecule has 0 N–H and O–H groups in total. The second kappa shape index (κ2) is 6.29. The molecular formula is C15H20O8. The summed E-state index contributed by atoms with van der Waals surface area (Å²) in [7, 11) is 0. The fourth-order valence-electron chi connectivity index (χ4n) is 2.59. The standard InChI is InChI=1S/C15H20O8/c1-7(19-8(2)16)12-13(23-15(4,5)22-12)10-6-11(14(18)21-10)20-9(3)17/h6-7,10,12-13H,1-5H3/t7-,10+,12-,13-/m1/s1. The van der Waals surface area contributed by atoms with Gasteiger partial charge in [0.25, 0.3) is 0 Å². The van der Waals surface area contributed by atoms with E-state index >= 15 is 0 Å². The summed E-state index contributed by atoms with van der Waals surface area (Å²) in [6.07, 6.45) is -1.38. The summed E-state index contributed by atoms with van der Waals surface area (Å²) in [5, 5.41) is 0. The number of carbonyl (C=O) groups is 3. The van der Waals surface area contributed by atoms with Crippen molar-refractivity contribution in [2.45, 2.75) is 64.8 Å². The Labute approximate surface area is 133 Å². The average Bonchev–Trinajstić information content (AvgIpc) is 2.89. The molecule has 0 radical (unpaired) electrons. The molecule has 0 aromatic carbocycles. The van der Waals surface area contributed by atoms with Crippen molar-refractivity contribution in [3.05, 3.63) is 11.8 Å². The maximum absolute atomic E-state index is 11.7. The summed E-state index contributed by atoms with van der Waals surface area (Å²) >= 11 is 0.